The van der Waals surface area contributed by atoms with E-state index in [9.17, 15) is 9.18 Å². The zero-order valence-electron chi connectivity index (χ0n) is 11.2. The van der Waals surface area contributed by atoms with Gasteiger partial charge in [-0.3, -0.25) is 4.79 Å². The summed E-state index contributed by atoms with van der Waals surface area (Å²) in [4.78, 5) is 12.3. The van der Waals surface area contributed by atoms with Crippen molar-refractivity contribution in [3.8, 4) is 0 Å². The van der Waals surface area contributed by atoms with Gasteiger partial charge in [0.2, 0.25) is 5.91 Å². The molecule has 0 aliphatic carbocycles. The first kappa shape index (κ1) is 14.2. The summed E-state index contributed by atoms with van der Waals surface area (Å²) in [5, 5.41) is 6.05. The lowest BCUT2D eigenvalue weighted by molar-refractivity contribution is -0.118. The van der Waals surface area contributed by atoms with Crippen molar-refractivity contribution >= 4 is 27.5 Å². The van der Waals surface area contributed by atoms with Crippen LogP contribution in [0.4, 0.5) is 10.1 Å². The van der Waals surface area contributed by atoms with Crippen molar-refractivity contribution in [2.45, 2.75) is 19.0 Å². The molecule has 2 N–H and O–H groups in total. The van der Waals surface area contributed by atoms with E-state index in [-0.39, 0.29) is 17.8 Å². The molecule has 3 rings (SSSR count). The highest BCUT2D eigenvalue weighted by atomic mass is 79.9. The molecule has 1 aliphatic heterocycles. The summed E-state index contributed by atoms with van der Waals surface area (Å²) >= 11 is 3.25. The van der Waals surface area contributed by atoms with Crippen molar-refractivity contribution in [3.63, 3.8) is 0 Å². The molecule has 1 heterocycles. The Hall–Kier alpha value is -1.72. The van der Waals surface area contributed by atoms with Crippen LogP contribution in [0, 0.1) is 5.82 Å². The average molecular weight is 349 g/mol. The van der Waals surface area contributed by atoms with Gasteiger partial charge in [0.05, 0.1) is 11.7 Å². The number of anilines is 1. The maximum Gasteiger partial charge on any atom is 0.241 e. The Morgan fingerprint density at radius 2 is 2.00 bits per heavy atom. The van der Waals surface area contributed by atoms with E-state index < -0.39 is 0 Å². The van der Waals surface area contributed by atoms with Gasteiger partial charge in [0.1, 0.15) is 5.82 Å². The van der Waals surface area contributed by atoms with Gasteiger partial charge in [-0.05, 0) is 51.7 Å². The lowest BCUT2D eigenvalue weighted by atomic mass is 9.95. The van der Waals surface area contributed by atoms with Gasteiger partial charge in [-0.2, -0.15) is 0 Å². The predicted molar refractivity (Wildman–Crippen MR) is 83.5 cm³/mol. The van der Waals surface area contributed by atoms with Crippen LogP contribution >= 0.6 is 15.9 Å². The number of amides is 1. The van der Waals surface area contributed by atoms with E-state index in [1.165, 1.54) is 23.3 Å². The molecule has 2 aromatic carbocycles. The summed E-state index contributed by atoms with van der Waals surface area (Å²) in [6.45, 7) is 0.679. The Labute approximate surface area is 130 Å². The van der Waals surface area contributed by atoms with Crippen LogP contribution in [0.15, 0.2) is 46.9 Å². The molecule has 108 valence electrons. The van der Waals surface area contributed by atoms with Gasteiger partial charge in [0.15, 0.2) is 0 Å². The molecule has 0 aromatic heterocycles. The predicted octanol–water partition coefficient (Wildman–Crippen LogP) is 3.24. The number of hydrogen-bond donors (Lipinski definition) is 2. The standard InChI is InChI=1S/C16H14BrFN2O/c17-13-8-12(18)5-6-14(13)20-16(21)15-7-10-3-1-2-4-11(10)9-19-15/h1-6,8,15,19H,7,9H2,(H,20,21). The summed E-state index contributed by atoms with van der Waals surface area (Å²) in [6.07, 6.45) is 0.654. The number of benzene rings is 2. The quantitative estimate of drug-likeness (QED) is 0.874. The number of fused-ring (bicyclic) bond motifs is 1. The topological polar surface area (TPSA) is 41.1 Å². The fourth-order valence-corrected chi connectivity index (χ4v) is 2.90. The van der Waals surface area contributed by atoms with Crippen LogP contribution in [-0.2, 0) is 17.8 Å². The first-order valence-corrected chi connectivity index (χ1v) is 7.49. The summed E-state index contributed by atoms with van der Waals surface area (Å²) in [5.41, 5.74) is 2.99. The van der Waals surface area contributed by atoms with E-state index in [0.717, 1.165) is 0 Å². The van der Waals surface area contributed by atoms with E-state index in [1.807, 2.05) is 18.2 Å². The second kappa shape index (κ2) is 5.95. The van der Waals surface area contributed by atoms with Crippen LogP contribution in [0.25, 0.3) is 0 Å². The molecule has 0 spiro atoms. The molecule has 1 atom stereocenters. The molecular formula is C16H14BrFN2O. The maximum atomic E-state index is 13.0. The van der Waals surface area contributed by atoms with Gasteiger partial charge < -0.3 is 10.6 Å². The van der Waals surface area contributed by atoms with Crippen molar-refractivity contribution in [2.75, 3.05) is 5.32 Å². The summed E-state index contributed by atoms with van der Waals surface area (Å²) in [7, 11) is 0. The molecule has 1 aliphatic rings. The summed E-state index contributed by atoms with van der Waals surface area (Å²) in [6, 6.07) is 12.0. The molecule has 0 saturated heterocycles. The zero-order chi connectivity index (χ0) is 14.8. The Morgan fingerprint density at radius 1 is 1.24 bits per heavy atom. The minimum Gasteiger partial charge on any atom is -0.324 e. The highest BCUT2D eigenvalue weighted by Gasteiger charge is 2.24. The smallest absolute Gasteiger partial charge is 0.241 e. The molecule has 1 amide bonds. The van der Waals surface area contributed by atoms with Gasteiger partial charge in [-0.15, -0.1) is 0 Å². The maximum absolute atomic E-state index is 13.0. The molecule has 0 radical (unpaired) electrons. The normalized spacial score (nSPS) is 17.1. The fourth-order valence-electron chi connectivity index (χ4n) is 2.45. The molecule has 1 unspecified atom stereocenters. The third kappa shape index (κ3) is 3.14. The van der Waals surface area contributed by atoms with Crippen LogP contribution < -0.4 is 10.6 Å². The molecule has 0 saturated carbocycles. The van der Waals surface area contributed by atoms with Gasteiger partial charge in [0, 0.05) is 11.0 Å². The average Bonchev–Trinajstić information content (AvgIpc) is 2.49. The van der Waals surface area contributed by atoms with E-state index in [2.05, 4.69) is 32.6 Å². The second-order valence-electron chi connectivity index (χ2n) is 5.02. The summed E-state index contributed by atoms with van der Waals surface area (Å²) < 4.78 is 13.6. The fraction of sp³-hybridized carbons (Fsp3) is 0.188. The van der Waals surface area contributed by atoms with Gasteiger partial charge >= 0.3 is 0 Å². The Balaban J connectivity index is 1.72. The van der Waals surface area contributed by atoms with Crippen LogP contribution in [0.3, 0.4) is 0 Å². The van der Waals surface area contributed by atoms with Crippen molar-refractivity contribution in [2.24, 2.45) is 0 Å². The monoisotopic (exact) mass is 348 g/mol. The molecule has 5 heteroatoms. The van der Waals surface area contributed by atoms with Gasteiger partial charge in [0.25, 0.3) is 0 Å². The number of halogens is 2. The lowest BCUT2D eigenvalue weighted by Crippen LogP contribution is -2.44. The highest BCUT2D eigenvalue weighted by Crippen LogP contribution is 2.24. The number of carbonyl (C=O) groups is 1. The third-order valence-electron chi connectivity index (χ3n) is 3.59. The molecule has 0 bridgehead atoms. The lowest BCUT2D eigenvalue weighted by Gasteiger charge is -2.25. The SMILES string of the molecule is O=C(Nc1ccc(F)cc1Br)C1Cc2ccccc2CN1. The van der Waals surface area contributed by atoms with Crippen molar-refractivity contribution in [1.29, 1.82) is 0 Å². The van der Waals surface area contributed by atoms with Crippen molar-refractivity contribution in [3.05, 3.63) is 63.9 Å². The largest absolute Gasteiger partial charge is 0.324 e. The summed E-state index contributed by atoms with van der Waals surface area (Å²) in [5.74, 6) is -0.457. The number of carbonyl (C=O) groups excluding carboxylic acids is 1. The van der Waals surface area contributed by atoms with Crippen molar-refractivity contribution in [1.82, 2.24) is 5.32 Å². The van der Waals surface area contributed by atoms with Crippen LogP contribution in [0.2, 0.25) is 0 Å². The van der Waals surface area contributed by atoms with Crippen LogP contribution in [-0.4, -0.2) is 11.9 Å². The van der Waals surface area contributed by atoms with Gasteiger partial charge in [-0.1, -0.05) is 24.3 Å². The molecule has 21 heavy (non-hydrogen) atoms. The minimum absolute atomic E-state index is 0.114. The number of rotatable bonds is 2. The van der Waals surface area contributed by atoms with Crippen LogP contribution in [0.5, 0.6) is 0 Å². The molecule has 3 nitrogen and oxygen atoms in total. The number of hydrogen-bond acceptors (Lipinski definition) is 2. The third-order valence-corrected chi connectivity index (χ3v) is 4.24. The van der Waals surface area contributed by atoms with Crippen LogP contribution in [0.1, 0.15) is 11.1 Å². The van der Waals surface area contributed by atoms with Gasteiger partial charge in [-0.25, -0.2) is 4.39 Å². The first-order chi connectivity index (χ1) is 10.1. The van der Waals surface area contributed by atoms with E-state index >= 15 is 0 Å². The molecular weight excluding hydrogens is 335 g/mol. The Bertz CT molecular complexity index is 690. The van der Waals surface area contributed by atoms with E-state index in [1.54, 1.807) is 6.07 Å². The van der Waals surface area contributed by atoms with E-state index in [0.29, 0.717) is 23.1 Å². The Morgan fingerprint density at radius 3 is 2.76 bits per heavy atom. The Kier molecular flexibility index (Phi) is 4.03. The molecule has 0 fully saturated rings. The minimum atomic E-state index is -0.343. The first-order valence-electron chi connectivity index (χ1n) is 6.69. The zero-order valence-corrected chi connectivity index (χ0v) is 12.8. The van der Waals surface area contributed by atoms with Crippen molar-refractivity contribution < 1.29 is 9.18 Å². The van der Waals surface area contributed by atoms with E-state index in [4.69, 9.17) is 0 Å². The number of nitrogens with one attached hydrogen (secondary N) is 2. The molecule has 2 aromatic rings. The highest BCUT2D eigenvalue weighted by molar-refractivity contribution is 9.10. The second-order valence-corrected chi connectivity index (χ2v) is 5.87.